The Morgan fingerprint density at radius 3 is 3.25 bits per heavy atom. The molecule has 0 saturated carbocycles. The second kappa shape index (κ2) is 4.28. The Labute approximate surface area is 91.7 Å². The van der Waals surface area contributed by atoms with E-state index in [1.54, 1.807) is 18.5 Å². The maximum Gasteiger partial charge on any atom is 0.247 e. The lowest BCUT2D eigenvalue weighted by Crippen LogP contribution is -2.48. The number of anilines is 1. The highest BCUT2D eigenvalue weighted by atomic mass is 16.3. The van der Waals surface area contributed by atoms with Gasteiger partial charge in [-0.15, -0.1) is 0 Å². The number of fused-ring (bicyclic) bond motifs is 1. The molecule has 2 heterocycles. The van der Waals surface area contributed by atoms with Crippen LogP contribution < -0.4 is 10.6 Å². The van der Waals surface area contributed by atoms with Crippen molar-refractivity contribution >= 4 is 17.5 Å². The van der Waals surface area contributed by atoms with Crippen LogP contribution >= 0.6 is 0 Å². The molecule has 0 fully saturated rings. The first-order valence-corrected chi connectivity index (χ1v) is 4.84. The van der Waals surface area contributed by atoms with Gasteiger partial charge in [-0.2, -0.15) is 0 Å². The van der Waals surface area contributed by atoms with Crippen molar-refractivity contribution in [2.75, 3.05) is 11.9 Å². The number of nitrogens with one attached hydrogen (secondary N) is 2. The predicted octanol–water partition coefficient (Wildman–Crippen LogP) is -0.947. The normalized spacial score (nSPS) is 18.6. The smallest absolute Gasteiger partial charge is 0.247 e. The third kappa shape index (κ3) is 2.01. The van der Waals surface area contributed by atoms with Gasteiger partial charge in [-0.05, 0) is 11.6 Å². The second-order valence-corrected chi connectivity index (χ2v) is 3.50. The highest BCUT2D eigenvalue weighted by Crippen LogP contribution is 2.20. The first-order chi connectivity index (χ1) is 7.70. The Hall–Kier alpha value is -1.95. The zero-order chi connectivity index (χ0) is 11.5. The number of nitrogens with zero attached hydrogens (tertiary/aromatic N) is 1. The molecule has 0 radical (unpaired) electrons. The number of aliphatic hydroxyl groups excluding tert-OH is 1. The number of aromatic nitrogens is 1. The van der Waals surface area contributed by atoms with Crippen molar-refractivity contribution in [2.45, 2.75) is 12.5 Å². The maximum absolute atomic E-state index is 11.6. The average molecular weight is 221 g/mol. The number of rotatable bonds is 2. The summed E-state index contributed by atoms with van der Waals surface area (Å²) in [5.41, 5.74) is 1.58. The fourth-order valence-corrected chi connectivity index (χ4v) is 1.60. The van der Waals surface area contributed by atoms with Crippen molar-refractivity contribution in [3.63, 3.8) is 0 Å². The molecular weight excluding hydrogens is 210 g/mol. The molecule has 1 aromatic heterocycles. The van der Waals surface area contributed by atoms with E-state index in [2.05, 4.69) is 15.6 Å². The van der Waals surface area contributed by atoms with Crippen LogP contribution in [0.25, 0.3) is 0 Å². The summed E-state index contributed by atoms with van der Waals surface area (Å²) in [6.07, 6.45) is 3.62. The standard InChI is InChI=1S/C10H11N3O3/c14-5-9(15)12-8-3-6-4-11-2-1-7(6)13-10(8)16/h1-2,4,8,14H,3,5H2,(H,12,15)(H,13,16). The molecule has 1 atom stereocenters. The molecule has 84 valence electrons. The van der Waals surface area contributed by atoms with Gasteiger partial charge >= 0.3 is 0 Å². The van der Waals surface area contributed by atoms with E-state index < -0.39 is 18.6 Å². The van der Waals surface area contributed by atoms with Crippen LogP contribution in [0.3, 0.4) is 0 Å². The van der Waals surface area contributed by atoms with Gasteiger partial charge in [0, 0.05) is 24.5 Å². The predicted molar refractivity (Wildman–Crippen MR) is 55.6 cm³/mol. The lowest BCUT2D eigenvalue weighted by Gasteiger charge is -2.24. The number of carbonyl (C=O) groups excluding carboxylic acids is 2. The van der Waals surface area contributed by atoms with Crippen molar-refractivity contribution in [1.82, 2.24) is 10.3 Å². The van der Waals surface area contributed by atoms with Crippen molar-refractivity contribution in [3.05, 3.63) is 24.0 Å². The zero-order valence-electron chi connectivity index (χ0n) is 8.43. The number of hydrogen-bond donors (Lipinski definition) is 3. The Balaban J connectivity index is 2.15. The van der Waals surface area contributed by atoms with Crippen molar-refractivity contribution in [3.8, 4) is 0 Å². The van der Waals surface area contributed by atoms with Gasteiger partial charge in [-0.1, -0.05) is 0 Å². The van der Waals surface area contributed by atoms with Crippen molar-refractivity contribution in [1.29, 1.82) is 0 Å². The molecule has 1 unspecified atom stereocenters. The highest BCUT2D eigenvalue weighted by molar-refractivity contribution is 5.99. The van der Waals surface area contributed by atoms with Crippen LogP contribution in [0.15, 0.2) is 18.5 Å². The van der Waals surface area contributed by atoms with Gasteiger partial charge < -0.3 is 15.7 Å². The SMILES string of the molecule is O=C(CO)NC1Cc2cnccc2NC1=O. The minimum absolute atomic E-state index is 0.277. The number of pyridine rings is 1. The molecule has 6 nitrogen and oxygen atoms in total. The number of hydrogen-bond acceptors (Lipinski definition) is 4. The van der Waals surface area contributed by atoms with Crippen LogP contribution in [0.1, 0.15) is 5.56 Å². The van der Waals surface area contributed by atoms with Gasteiger partial charge in [0.25, 0.3) is 0 Å². The van der Waals surface area contributed by atoms with Crippen LogP contribution in [0, 0.1) is 0 Å². The molecule has 0 saturated heterocycles. The third-order valence-corrected chi connectivity index (χ3v) is 2.38. The number of amides is 2. The van der Waals surface area contributed by atoms with Crippen LogP contribution in [-0.4, -0.2) is 34.6 Å². The van der Waals surface area contributed by atoms with Gasteiger partial charge in [-0.3, -0.25) is 14.6 Å². The molecule has 16 heavy (non-hydrogen) atoms. The molecule has 0 aromatic carbocycles. The number of aliphatic hydroxyl groups is 1. The maximum atomic E-state index is 11.6. The summed E-state index contributed by atoms with van der Waals surface area (Å²) in [5, 5.41) is 13.7. The Kier molecular flexibility index (Phi) is 2.82. The molecule has 0 aliphatic carbocycles. The zero-order valence-corrected chi connectivity index (χ0v) is 8.43. The molecule has 0 spiro atoms. The third-order valence-electron chi connectivity index (χ3n) is 2.38. The average Bonchev–Trinajstić information content (AvgIpc) is 2.30. The molecule has 1 aliphatic heterocycles. The summed E-state index contributed by atoms with van der Waals surface area (Å²) < 4.78 is 0. The highest BCUT2D eigenvalue weighted by Gasteiger charge is 2.27. The first-order valence-electron chi connectivity index (χ1n) is 4.84. The quantitative estimate of drug-likeness (QED) is 0.600. The lowest BCUT2D eigenvalue weighted by molar-refractivity contribution is -0.128. The van der Waals surface area contributed by atoms with Crippen molar-refractivity contribution < 1.29 is 14.7 Å². The fraction of sp³-hybridized carbons (Fsp3) is 0.300. The Morgan fingerprint density at radius 1 is 1.69 bits per heavy atom. The van der Waals surface area contributed by atoms with E-state index in [0.717, 1.165) is 11.3 Å². The van der Waals surface area contributed by atoms with Crippen LogP contribution in [0.5, 0.6) is 0 Å². The molecule has 2 rings (SSSR count). The molecule has 2 amide bonds. The largest absolute Gasteiger partial charge is 0.387 e. The Morgan fingerprint density at radius 2 is 2.50 bits per heavy atom. The monoisotopic (exact) mass is 221 g/mol. The molecule has 6 heteroatoms. The van der Waals surface area contributed by atoms with Crippen LogP contribution in [0.2, 0.25) is 0 Å². The topological polar surface area (TPSA) is 91.3 Å². The van der Waals surface area contributed by atoms with Crippen LogP contribution in [-0.2, 0) is 16.0 Å². The van der Waals surface area contributed by atoms with E-state index in [9.17, 15) is 9.59 Å². The molecule has 1 aromatic rings. The van der Waals surface area contributed by atoms with E-state index in [0.29, 0.717) is 6.42 Å². The number of carbonyl (C=O) groups is 2. The summed E-state index contributed by atoms with van der Waals surface area (Å²) >= 11 is 0. The van der Waals surface area contributed by atoms with Crippen LogP contribution in [0.4, 0.5) is 5.69 Å². The van der Waals surface area contributed by atoms with E-state index in [1.807, 2.05) is 0 Å². The minimum Gasteiger partial charge on any atom is -0.387 e. The summed E-state index contributed by atoms with van der Waals surface area (Å²) in [7, 11) is 0. The molecular formula is C10H11N3O3. The van der Waals surface area contributed by atoms with E-state index in [-0.39, 0.29) is 5.91 Å². The van der Waals surface area contributed by atoms with E-state index >= 15 is 0 Å². The van der Waals surface area contributed by atoms with Gasteiger partial charge in [0.1, 0.15) is 12.6 Å². The van der Waals surface area contributed by atoms with Gasteiger partial charge in [0.15, 0.2) is 0 Å². The van der Waals surface area contributed by atoms with Gasteiger partial charge in [0.2, 0.25) is 11.8 Å². The summed E-state index contributed by atoms with van der Waals surface area (Å²) in [5.74, 6) is -0.840. The van der Waals surface area contributed by atoms with E-state index in [1.165, 1.54) is 0 Å². The first kappa shape index (κ1) is 10.6. The van der Waals surface area contributed by atoms with Gasteiger partial charge in [0.05, 0.1) is 0 Å². The van der Waals surface area contributed by atoms with Crippen molar-refractivity contribution in [2.24, 2.45) is 0 Å². The summed E-state index contributed by atoms with van der Waals surface area (Å²) in [6.45, 7) is -0.621. The summed E-state index contributed by atoms with van der Waals surface area (Å²) in [6, 6.07) is 1.06. The van der Waals surface area contributed by atoms with E-state index in [4.69, 9.17) is 5.11 Å². The summed E-state index contributed by atoms with van der Waals surface area (Å²) in [4.78, 5) is 26.5. The molecule has 3 N–H and O–H groups in total. The Bertz CT molecular complexity index is 433. The molecule has 1 aliphatic rings. The van der Waals surface area contributed by atoms with Gasteiger partial charge in [-0.25, -0.2) is 0 Å². The molecule has 0 bridgehead atoms. The fourth-order valence-electron chi connectivity index (χ4n) is 1.60. The second-order valence-electron chi connectivity index (χ2n) is 3.50. The lowest BCUT2D eigenvalue weighted by atomic mass is 10.0. The minimum atomic E-state index is -0.642.